The van der Waals surface area contributed by atoms with Crippen LogP contribution in [0.15, 0.2) is 60.8 Å². The van der Waals surface area contributed by atoms with Crippen LogP contribution < -0.4 is 20.3 Å². The molecule has 2 aromatic heterocycles. The van der Waals surface area contributed by atoms with Crippen molar-refractivity contribution < 1.29 is 17.9 Å². The van der Waals surface area contributed by atoms with Gasteiger partial charge in [-0.25, -0.2) is 8.42 Å². The lowest BCUT2D eigenvalue weighted by atomic mass is 10.1. The summed E-state index contributed by atoms with van der Waals surface area (Å²) in [4.78, 5) is 27.3. The quantitative estimate of drug-likeness (QED) is 0.182. The minimum Gasteiger partial charge on any atom is -0.379 e. The SMILES string of the molecule is CN(c1ccccc1CNc1nc(Nc2ccc(C(=O)NCCCN3CCOCC3)cc2)nc2[nH]ccc12)S(C)(=O)=O. The zero-order valence-electron chi connectivity index (χ0n) is 23.8. The van der Waals surface area contributed by atoms with E-state index in [1.807, 2.05) is 30.3 Å². The first kappa shape index (κ1) is 29.3. The highest BCUT2D eigenvalue weighted by atomic mass is 32.2. The molecule has 1 aliphatic heterocycles. The summed E-state index contributed by atoms with van der Waals surface area (Å²) in [5, 5.41) is 10.3. The van der Waals surface area contributed by atoms with Gasteiger partial charge in [0.25, 0.3) is 5.91 Å². The number of amides is 1. The number of rotatable bonds is 12. The molecule has 4 N–H and O–H groups in total. The second kappa shape index (κ2) is 13.2. The Morgan fingerprint density at radius 3 is 2.60 bits per heavy atom. The summed E-state index contributed by atoms with van der Waals surface area (Å²) in [5.74, 6) is 0.851. The van der Waals surface area contributed by atoms with Crippen molar-refractivity contribution in [3.63, 3.8) is 0 Å². The Balaban J connectivity index is 1.21. The molecule has 3 heterocycles. The number of H-pyrrole nitrogens is 1. The lowest BCUT2D eigenvalue weighted by Crippen LogP contribution is -2.38. The molecular weight excluding hydrogens is 556 g/mol. The summed E-state index contributed by atoms with van der Waals surface area (Å²) >= 11 is 0. The Kier molecular flexibility index (Phi) is 9.20. The van der Waals surface area contributed by atoms with Crippen molar-refractivity contribution in [3.05, 3.63) is 71.9 Å². The molecule has 0 radical (unpaired) electrons. The highest BCUT2D eigenvalue weighted by Gasteiger charge is 2.16. The van der Waals surface area contributed by atoms with E-state index in [2.05, 4.69) is 35.8 Å². The van der Waals surface area contributed by atoms with Crippen LogP contribution in [0.3, 0.4) is 0 Å². The van der Waals surface area contributed by atoms with Crippen LogP contribution in [0.25, 0.3) is 11.0 Å². The van der Waals surface area contributed by atoms with Crippen molar-refractivity contribution in [1.82, 2.24) is 25.2 Å². The van der Waals surface area contributed by atoms with E-state index >= 15 is 0 Å². The third-order valence-corrected chi connectivity index (χ3v) is 8.33. The predicted molar refractivity (Wildman–Crippen MR) is 165 cm³/mol. The highest BCUT2D eigenvalue weighted by molar-refractivity contribution is 7.92. The van der Waals surface area contributed by atoms with Crippen LogP contribution >= 0.6 is 0 Å². The topological polar surface area (TPSA) is 145 Å². The fourth-order valence-electron chi connectivity index (χ4n) is 4.72. The van der Waals surface area contributed by atoms with Gasteiger partial charge in [0, 0.05) is 50.7 Å². The Labute approximate surface area is 245 Å². The van der Waals surface area contributed by atoms with Gasteiger partial charge in [-0.1, -0.05) is 18.2 Å². The fourth-order valence-corrected chi connectivity index (χ4v) is 5.26. The van der Waals surface area contributed by atoms with Crippen LogP contribution in [-0.4, -0.2) is 86.9 Å². The van der Waals surface area contributed by atoms with Gasteiger partial charge in [0.1, 0.15) is 11.5 Å². The second-order valence-electron chi connectivity index (χ2n) is 10.1. The molecule has 1 saturated heterocycles. The van der Waals surface area contributed by atoms with E-state index < -0.39 is 10.0 Å². The number of sulfonamides is 1. The van der Waals surface area contributed by atoms with E-state index in [-0.39, 0.29) is 5.91 Å². The van der Waals surface area contributed by atoms with Crippen molar-refractivity contribution in [2.75, 3.05) is 67.6 Å². The molecule has 5 rings (SSSR count). The van der Waals surface area contributed by atoms with Crippen LogP contribution in [0.4, 0.5) is 23.1 Å². The Hall–Kier alpha value is -4.20. The molecule has 1 aliphatic rings. The molecule has 0 saturated carbocycles. The Morgan fingerprint density at radius 2 is 1.83 bits per heavy atom. The van der Waals surface area contributed by atoms with Gasteiger partial charge in [0.2, 0.25) is 16.0 Å². The van der Waals surface area contributed by atoms with E-state index in [9.17, 15) is 13.2 Å². The summed E-state index contributed by atoms with van der Waals surface area (Å²) in [7, 11) is -1.88. The largest absolute Gasteiger partial charge is 0.379 e. The molecule has 0 aliphatic carbocycles. The van der Waals surface area contributed by atoms with E-state index in [1.54, 1.807) is 30.5 Å². The van der Waals surface area contributed by atoms with E-state index in [4.69, 9.17) is 4.74 Å². The van der Waals surface area contributed by atoms with Gasteiger partial charge in [0.05, 0.1) is 30.5 Å². The van der Waals surface area contributed by atoms with Gasteiger partial charge in [-0.2, -0.15) is 9.97 Å². The first-order valence-electron chi connectivity index (χ1n) is 13.8. The number of ether oxygens (including phenoxy) is 1. The smallest absolute Gasteiger partial charge is 0.251 e. The normalized spacial score (nSPS) is 14.0. The lowest BCUT2D eigenvalue weighted by Gasteiger charge is -2.26. The second-order valence-corrected chi connectivity index (χ2v) is 12.1. The molecule has 0 unspecified atom stereocenters. The van der Waals surface area contributed by atoms with Crippen molar-refractivity contribution in [3.8, 4) is 0 Å². The van der Waals surface area contributed by atoms with Crippen LogP contribution in [0.2, 0.25) is 0 Å². The monoisotopic (exact) mass is 592 g/mol. The number of morpholine rings is 1. The third-order valence-electron chi connectivity index (χ3n) is 7.13. The number of nitrogens with zero attached hydrogens (tertiary/aromatic N) is 4. The number of para-hydroxylation sites is 1. The minimum atomic E-state index is -3.41. The summed E-state index contributed by atoms with van der Waals surface area (Å²) < 4.78 is 30.9. The molecule has 4 aromatic rings. The first-order valence-corrected chi connectivity index (χ1v) is 15.7. The average molecular weight is 593 g/mol. The molecule has 12 nitrogen and oxygen atoms in total. The maximum absolute atomic E-state index is 12.6. The Morgan fingerprint density at radius 1 is 1.07 bits per heavy atom. The molecule has 0 bridgehead atoms. The maximum Gasteiger partial charge on any atom is 0.251 e. The third kappa shape index (κ3) is 7.35. The lowest BCUT2D eigenvalue weighted by molar-refractivity contribution is 0.0374. The zero-order valence-corrected chi connectivity index (χ0v) is 24.6. The van der Waals surface area contributed by atoms with Crippen LogP contribution in [0.5, 0.6) is 0 Å². The molecule has 1 fully saturated rings. The van der Waals surface area contributed by atoms with Crippen molar-refractivity contribution in [2.24, 2.45) is 0 Å². The van der Waals surface area contributed by atoms with Gasteiger partial charge in [-0.05, 0) is 54.9 Å². The molecule has 0 atom stereocenters. The molecular formula is C29H36N8O4S. The van der Waals surface area contributed by atoms with Gasteiger partial charge in [-0.15, -0.1) is 0 Å². The number of nitrogens with one attached hydrogen (secondary N) is 4. The Bertz CT molecular complexity index is 1620. The summed E-state index contributed by atoms with van der Waals surface area (Å²) in [6, 6.07) is 16.4. The van der Waals surface area contributed by atoms with Crippen molar-refractivity contribution >= 4 is 50.1 Å². The van der Waals surface area contributed by atoms with Gasteiger partial charge < -0.3 is 25.7 Å². The molecule has 1 amide bonds. The highest BCUT2D eigenvalue weighted by Crippen LogP contribution is 2.26. The number of aromatic amines is 1. The van der Waals surface area contributed by atoms with Gasteiger partial charge >= 0.3 is 0 Å². The molecule has 2 aromatic carbocycles. The number of anilines is 4. The number of benzene rings is 2. The van der Waals surface area contributed by atoms with E-state index in [0.29, 0.717) is 41.8 Å². The standard InChI is InChI=1S/C29H36N8O4S/c1-36(42(2,39)40)25-7-4-3-6-22(25)20-32-27-24-12-14-30-26(24)34-29(35-27)33-23-10-8-21(9-11-23)28(38)31-13-5-15-37-16-18-41-19-17-37/h3-4,6-12,14H,5,13,15-20H2,1-2H3,(H,31,38)(H3,30,32,33,34,35). The molecule has 13 heteroatoms. The summed E-state index contributed by atoms with van der Waals surface area (Å²) in [6.07, 6.45) is 3.85. The minimum absolute atomic E-state index is 0.110. The number of hydrogen-bond acceptors (Lipinski definition) is 9. The van der Waals surface area contributed by atoms with Crippen LogP contribution in [0, 0.1) is 0 Å². The number of carbonyl (C=O) groups excluding carboxylic acids is 1. The number of fused-ring (bicyclic) bond motifs is 1. The summed E-state index contributed by atoms with van der Waals surface area (Å²) in [6.45, 7) is 5.34. The molecule has 42 heavy (non-hydrogen) atoms. The maximum atomic E-state index is 12.6. The molecule has 0 spiro atoms. The van der Waals surface area contributed by atoms with Crippen LogP contribution in [0.1, 0.15) is 22.3 Å². The van der Waals surface area contributed by atoms with E-state index in [0.717, 1.165) is 55.9 Å². The zero-order chi connectivity index (χ0) is 29.5. The first-order chi connectivity index (χ1) is 20.3. The number of aromatic nitrogens is 3. The summed E-state index contributed by atoms with van der Waals surface area (Å²) in [5.41, 5.74) is 3.34. The van der Waals surface area contributed by atoms with Crippen molar-refractivity contribution in [2.45, 2.75) is 13.0 Å². The number of hydrogen-bond donors (Lipinski definition) is 4. The number of carbonyl (C=O) groups is 1. The average Bonchev–Trinajstić information content (AvgIpc) is 3.47. The van der Waals surface area contributed by atoms with Crippen molar-refractivity contribution in [1.29, 1.82) is 0 Å². The molecule has 222 valence electrons. The fraction of sp³-hybridized carbons (Fsp3) is 0.345. The van der Waals surface area contributed by atoms with Gasteiger partial charge in [-0.3, -0.25) is 14.0 Å². The van der Waals surface area contributed by atoms with Crippen LogP contribution in [-0.2, 0) is 21.3 Å². The predicted octanol–water partition coefficient (Wildman–Crippen LogP) is 3.16. The van der Waals surface area contributed by atoms with E-state index in [1.165, 1.54) is 17.6 Å². The van der Waals surface area contributed by atoms with Gasteiger partial charge in [0.15, 0.2) is 0 Å².